The van der Waals surface area contributed by atoms with Crippen LogP contribution in [0, 0.1) is 11.7 Å². The number of ether oxygens (including phenoxy) is 1. The molecule has 1 heterocycles. The van der Waals surface area contributed by atoms with Crippen LogP contribution >= 0.6 is 11.3 Å². The van der Waals surface area contributed by atoms with E-state index in [-0.39, 0.29) is 24.1 Å². The van der Waals surface area contributed by atoms with Gasteiger partial charge in [0.25, 0.3) is 0 Å². The molecule has 0 aliphatic heterocycles. The predicted molar refractivity (Wildman–Crippen MR) is 90.0 cm³/mol. The van der Waals surface area contributed by atoms with E-state index in [1.807, 2.05) is 13.8 Å². The first kappa shape index (κ1) is 18.1. The van der Waals surface area contributed by atoms with Crippen LogP contribution in [-0.2, 0) is 20.7 Å². The lowest BCUT2D eigenvalue weighted by molar-refractivity contribution is -0.146. The second-order valence-corrected chi connectivity index (χ2v) is 6.50. The molecule has 0 saturated carbocycles. The Bertz CT molecular complexity index is 730. The summed E-state index contributed by atoms with van der Waals surface area (Å²) in [6.07, 6.45) is 0.0476. The van der Waals surface area contributed by atoms with Crippen LogP contribution in [0.3, 0.4) is 0 Å². The van der Waals surface area contributed by atoms with Gasteiger partial charge in [-0.3, -0.25) is 4.79 Å². The Hall–Kier alpha value is -2.28. The number of thiazole rings is 1. The summed E-state index contributed by atoms with van der Waals surface area (Å²) in [5.41, 5.74) is 1.24. The zero-order chi connectivity index (χ0) is 17.7. The van der Waals surface area contributed by atoms with Crippen molar-refractivity contribution < 1.29 is 18.7 Å². The monoisotopic (exact) mass is 350 g/mol. The minimum atomic E-state index is -0.691. The highest BCUT2D eigenvalue weighted by molar-refractivity contribution is 7.13. The number of methoxy groups -OCH3 is 1. The van der Waals surface area contributed by atoms with Crippen LogP contribution in [0.1, 0.15) is 19.5 Å². The van der Waals surface area contributed by atoms with Gasteiger partial charge < -0.3 is 10.1 Å². The number of rotatable bonds is 6. The van der Waals surface area contributed by atoms with Gasteiger partial charge in [0.15, 0.2) is 0 Å². The molecule has 0 radical (unpaired) electrons. The molecule has 1 amide bonds. The summed E-state index contributed by atoms with van der Waals surface area (Å²) in [4.78, 5) is 28.2. The Kier molecular flexibility index (Phi) is 6.03. The second-order valence-electron chi connectivity index (χ2n) is 5.64. The summed E-state index contributed by atoms with van der Waals surface area (Å²) >= 11 is 1.34. The van der Waals surface area contributed by atoms with Gasteiger partial charge in [-0.1, -0.05) is 26.0 Å². The van der Waals surface area contributed by atoms with E-state index >= 15 is 0 Å². The van der Waals surface area contributed by atoms with Gasteiger partial charge in [0, 0.05) is 10.9 Å². The molecule has 2 aromatic rings. The summed E-state index contributed by atoms with van der Waals surface area (Å²) in [6.45, 7) is 3.65. The van der Waals surface area contributed by atoms with E-state index in [0.29, 0.717) is 16.3 Å². The number of esters is 1. The molecule has 0 spiro atoms. The number of carbonyl (C=O) groups is 2. The largest absolute Gasteiger partial charge is 0.467 e. The Morgan fingerprint density at radius 1 is 1.38 bits per heavy atom. The van der Waals surface area contributed by atoms with Crippen molar-refractivity contribution >= 4 is 23.2 Å². The van der Waals surface area contributed by atoms with E-state index in [2.05, 4.69) is 10.3 Å². The predicted octanol–water partition coefficient (Wildman–Crippen LogP) is 2.81. The lowest BCUT2D eigenvalue weighted by atomic mass is 10.0. The van der Waals surface area contributed by atoms with E-state index in [4.69, 9.17) is 4.74 Å². The van der Waals surface area contributed by atoms with Gasteiger partial charge in [0.05, 0.1) is 19.2 Å². The van der Waals surface area contributed by atoms with Gasteiger partial charge in [-0.15, -0.1) is 11.3 Å². The highest BCUT2D eigenvalue weighted by atomic mass is 32.1. The van der Waals surface area contributed by atoms with E-state index < -0.39 is 12.0 Å². The molecule has 0 fully saturated rings. The molecule has 1 N–H and O–H groups in total. The molecule has 0 saturated heterocycles. The van der Waals surface area contributed by atoms with Gasteiger partial charge in [0.2, 0.25) is 5.91 Å². The minimum Gasteiger partial charge on any atom is -0.467 e. The molecule has 5 nitrogen and oxygen atoms in total. The Morgan fingerprint density at radius 3 is 2.75 bits per heavy atom. The van der Waals surface area contributed by atoms with Gasteiger partial charge in [-0.2, -0.15) is 0 Å². The van der Waals surface area contributed by atoms with Crippen molar-refractivity contribution in [1.29, 1.82) is 0 Å². The lowest BCUT2D eigenvalue weighted by Gasteiger charge is -2.19. The molecular formula is C17H19FN2O3S. The molecule has 128 valence electrons. The number of hydrogen-bond acceptors (Lipinski definition) is 5. The lowest BCUT2D eigenvalue weighted by Crippen LogP contribution is -2.45. The Morgan fingerprint density at radius 2 is 2.12 bits per heavy atom. The summed E-state index contributed by atoms with van der Waals surface area (Å²) in [5.74, 6) is -1.20. The van der Waals surface area contributed by atoms with Crippen molar-refractivity contribution in [1.82, 2.24) is 10.3 Å². The smallest absolute Gasteiger partial charge is 0.328 e. The first-order valence-corrected chi connectivity index (χ1v) is 8.36. The molecule has 1 aromatic carbocycles. The quantitative estimate of drug-likeness (QED) is 0.814. The maximum atomic E-state index is 13.3. The molecule has 24 heavy (non-hydrogen) atoms. The van der Waals surface area contributed by atoms with Crippen LogP contribution in [0.5, 0.6) is 0 Å². The minimum absolute atomic E-state index is 0.0476. The highest BCUT2D eigenvalue weighted by Crippen LogP contribution is 2.24. The average molecular weight is 350 g/mol. The third-order valence-electron chi connectivity index (χ3n) is 3.40. The summed E-state index contributed by atoms with van der Waals surface area (Å²) in [7, 11) is 1.29. The number of halogens is 1. The Balaban J connectivity index is 2.03. The van der Waals surface area contributed by atoms with E-state index in [9.17, 15) is 14.0 Å². The van der Waals surface area contributed by atoms with Crippen molar-refractivity contribution in [2.24, 2.45) is 5.92 Å². The fraction of sp³-hybridized carbons (Fsp3) is 0.353. The van der Waals surface area contributed by atoms with Crippen molar-refractivity contribution in [3.8, 4) is 10.6 Å². The fourth-order valence-electron chi connectivity index (χ4n) is 2.16. The van der Waals surface area contributed by atoms with Crippen LogP contribution < -0.4 is 5.32 Å². The normalized spacial score (nSPS) is 12.0. The summed E-state index contributed by atoms with van der Waals surface area (Å²) in [5, 5.41) is 5.06. The van der Waals surface area contributed by atoms with Crippen LogP contribution in [-0.4, -0.2) is 30.0 Å². The maximum Gasteiger partial charge on any atom is 0.328 e. The molecule has 0 aliphatic carbocycles. The van der Waals surface area contributed by atoms with Gasteiger partial charge in [0.1, 0.15) is 16.9 Å². The number of hydrogen-bond donors (Lipinski definition) is 1. The van der Waals surface area contributed by atoms with Crippen molar-refractivity contribution in [2.45, 2.75) is 26.3 Å². The van der Waals surface area contributed by atoms with Crippen LogP contribution in [0.4, 0.5) is 4.39 Å². The zero-order valence-corrected chi connectivity index (χ0v) is 14.5. The maximum absolute atomic E-state index is 13.3. The zero-order valence-electron chi connectivity index (χ0n) is 13.7. The summed E-state index contributed by atoms with van der Waals surface area (Å²) < 4.78 is 18.0. The topological polar surface area (TPSA) is 68.3 Å². The number of amides is 1. The first-order chi connectivity index (χ1) is 11.4. The first-order valence-electron chi connectivity index (χ1n) is 7.48. The molecule has 0 aliphatic rings. The second kappa shape index (κ2) is 8.01. The number of benzene rings is 1. The van der Waals surface area contributed by atoms with Crippen molar-refractivity contribution in [2.75, 3.05) is 7.11 Å². The van der Waals surface area contributed by atoms with E-state index in [1.165, 1.54) is 30.6 Å². The molecular weight excluding hydrogens is 331 g/mol. The van der Waals surface area contributed by atoms with Gasteiger partial charge in [-0.05, 0) is 18.1 Å². The molecule has 0 bridgehead atoms. The Labute approximate surface area is 143 Å². The number of nitrogens with zero attached hydrogens (tertiary/aromatic N) is 1. The van der Waals surface area contributed by atoms with Gasteiger partial charge >= 0.3 is 5.97 Å². The third kappa shape index (κ3) is 4.61. The summed E-state index contributed by atoms with van der Waals surface area (Å²) in [6, 6.07) is 5.45. The number of nitrogens with one attached hydrogen (secondary N) is 1. The SMILES string of the molecule is COC(=O)C(NC(=O)Cc1csc(-c2cccc(F)c2)n1)C(C)C. The number of aromatic nitrogens is 1. The van der Waals surface area contributed by atoms with E-state index in [0.717, 1.165) is 0 Å². The van der Waals surface area contributed by atoms with Crippen LogP contribution in [0.2, 0.25) is 0 Å². The van der Waals surface area contributed by atoms with Crippen LogP contribution in [0.25, 0.3) is 10.6 Å². The highest BCUT2D eigenvalue weighted by Gasteiger charge is 2.25. The molecule has 7 heteroatoms. The number of carbonyl (C=O) groups excluding carboxylic acids is 2. The molecule has 1 atom stereocenters. The average Bonchev–Trinajstić information content (AvgIpc) is 3.00. The molecule has 1 unspecified atom stereocenters. The molecule has 1 aromatic heterocycles. The molecule has 2 rings (SSSR count). The fourth-order valence-corrected chi connectivity index (χ4v) is 2.97. The van der Waals surface area contributed by atoms with Crippen LogP contribution in [0.15, 0.2) is 29.6 Å². The van der Waals surface area contributed by atoms with Gasteiger partial charge in [-0.25, -0.2) is 14.2 Å². The van der Waals surface area contributed by atoms with E-state index in [1.54, 1.807) is 17.5 Å². The standard InChI is InChI=1S/C17H19FN2O3S/c1-10(2)15(17(22)23-3)20-14(21)8-13-9-24-16(19-13)11-5-4-6-12(18)7-11/h4-7,9-10,15H,8H2,1-3H3,(H,20,21). The third-order valence-corrected chi connectivity index (χ3v) is 4.34. The van der Waals surface area contributed by atoms with Crippen molar-refractivity contribution in [3.05, 3.63) is 41.2 Å². The van der Waals surface area contributed by atoms with Crippen molar-refractivity contribution in [3.63, 3.8) is 0 Å².